The minimum absolute atomic E-state index is 0.0144. The van der Waals surface area contributed by atoms with Crippen molar-refractivity contribution in [2.45, 2.75) is 19.5 Å². The van der Waals surface area contributed by atoms with Crippen molar-refractivity contribution in [1.82, 2.24) is 14.3 Å². The van der Waals surface area contributed by atoms with Gasteiger partial charge in [0.2, 0.25) is 0 Å². The van der Waals surface area contributed by atoms with Crippen molar-refractivity contribution in [2.24, 2.45) is 0 Å². The highest BCUT2D eigenvalue weighted by Gasteiger charge is 2.32. The molecule has 0 saturated carbocycles. The Kier molecular flexibility index (Phi) is 5.43. The number of hydrogen-bond acceptors (Lipinski definition) is 6. The van der Waals surface area contributed by atoms with Gasteiger partial charge in [0.15, 0.2) is 11.6 Å². The van der Waals surface area contributed by atoms with E-state index in [0.29, 0.717) is 16.7 Å². The number of ether oxygens (including phenoxy) is 1. The van der Waals surface area contributed by atoms with Gasteiger partial charge in [-0.15, -0.1) is 0 Å². The van der Waals surface area contributed by atoms with Crippen LogP contribution in [0.4, 0.5) is 14.5 Å². The first-order valence-electron chi connectivity index (χ1n) is 9.32. The average molecular weight is 445 g/mol. The Bertz CT molecular complexity index is 1310. The van der Waals surface area contributed by atoms with Crippen LogP contribution in [-0.4, -0.2) is 42.0 Å². The van der Waals surface area contributed by atoms with Crippen LogP contribution in [0.15, 0.2) is 36.5 Å². The summed E-state index contributed by atoms with van der Waals surface area (Å²) in [4.78, 5) is 8.56. The first-order valence-corrected chi connectivity index (χ1v) is 10.8. The molecule has 0 bridgehead atoms. The Labute approximate surface area is 177 Å². The second-order valence-electron chi connectivity index (χ2n) is 7.03. The molecule has 160 valence electrons. The summed E-state index contributed by atoms with van der Waals surface area (Å²) in [5, 5.41) is 9.59. The zero-order chi connectivity index (χ0) is 22.2. The van der Waals surface area contributed by atoms with Crippen LogP contribution >= 0.6 is 0 Å². The van der Waals surface area contributed by atoms with E-state index in [9.17, 15) is 22.5 Å². The molecule has 2 heterocycles. The van der Waals surface area contributed by atoms with E-state index in [-0.39, 0.29) is 36.5 Å². The molecule has 1 aromatic heterocycles. The molecular formula is C20H17F2N5O3S. The van der Waals surface area contributed by atoms with E-state index in [4.69, 9.17) is 4.74 Å². The molecular weight excluding hydrogens is 428 g/mol. The molecule has 31 heavy (non-hydrogen) atoms. The summed E-state index contributed by atoms with van der Waals surface area (Å²) < 4.78 is 61.8. The summed E-state index contributed by atoms with van der Waals surface area (Å²) >= 11 is 0. The van der Waals surface area contributed by atoms with Crippen molar-refractivity contribution in [3.05, 3.63) is 53.6 Å². The Hall–Kier alpha value is -3.36. The highest BCUT2D eigenvalue weighted by atomic mass is 32.2. The Balaban J connectivity index is 1.68. The van der Waals surface area contributed by atoms with Crippen LogP contribution in [0.2, 0.25) is 0 Å². The molecule has 1 aliphatic rings. The minimum atomic E-state index is -4.12. The molecule has 1 unspecified atom stereocenters. The molecule has 1 aliphatic heterocycles. The van der Waals surface area contributed by atoms with Gasteiger partial charge in [-0.05, 0) is 37.6 Å². The van der Waals surface area contributed by atoms with E-state index < -0.39 is 27.9 Å². The van der Waals surface area contributed by atoms with Crippen molar-refractivity contribution in [3.8, 4) is 17.6 Å². The number of anilines is 1. The smallest absolute Gasteiger partial charge is 0.301 e. The number of aromatic nitrogens is 2. The standard InChI is InChI=1S/C20H17F2N5O3S/c1-12-10-24-18-4-2-14(8-19(18)25-12)30-20-15(9-23)17(5-3-16(20)22)26-31(28,29)27-7-6-13(21)11-27/h2-5,8,10,13,26H,6-7,11H2,1H3. The second-order valence-corrected chi connectivity index (χ2v) is 8.70. The van der Waals surface area contributed by atoms with E-state index in [2.05, 4.69) is 14.7 Å². The molecule has 1 N–H and O–H groups in total. The predicted octanol–water partition coefficient (Wildman–Crippen LogP) is 3.44. The van der Waals surface area contributed by atoms with Gasteiger partial charge in [-0.25, -0.2) is 13.8 Å². The van der Waals surface area contributed by atoms with Crippen molar-refractivity contribution in [3.63, 3.8) is 0 Å². The van der Waals surface area contributed by atoms with Gasteiger partial charge >= 0.3 is 10.2 Å². The van der Waals surface area contributed by atoms with Gasteiger partial charge in [0, 0.05) is 25.4 Å². The number of nitrogens with one attached hydrogen (secondary N) is 1. The third-order valence-corrected chi connectivity index (χ3v) is 6.24. The predicted molar refractivity (Wildman–Crippen MR) is 109 cm³/mol. The van der Waals surface area contributed by atoms with Crippen LogP contribution in [0.1, 0.15) is 17.7 Å². The fourth-order valence-electron chi connectivity index (χ4n) is 3.23. The summed E-state index contributed by atoms with van der Waals surface area (Å²) in [6, 6.07) is 8.60. The van der Waals surface area contributed by atoms with Gasteiger partial charge < -0.3 is 4.74 Å². The monoisotopic (exact) mass is 445 g/mol. The number of alkyl halides is 1. The Morgan fingerprint density at radius 3 is 2.81 bits per heavy atom. The maximum atomic E-state index is 14.5. The molecule has 8 nitrogen and oxygen atoms in total. The summed E-state index contributed by atoms with van der Waals surface area (Å²) in [6.07, 6.45) is 0.449. The third kappa shape index (κ3) is 4.26. The van der Waals surface area contributed by atoms with Crippen molar-refractivity contribution in [2.75, 3.05) is 17.8 Å². The van der Waals surface area contributed by atoms with Crippen LogP contribution in [0.3, 0.4) is 0 Å². The van der Waals surface area contributed by atoms with Crippen molar-refractivity contribution < 1.29 is 21.9 Å². The van der Waals surface area contributed by atoms with Gasteiger partial charge in [-0.2, -0.15) is 18.0 Å². The Morgan fingerprint density at radius 2 is 2.10 bits per heavy atom. The summed E-state index contributed by atoms with van der Waals surface area (Å²) in [6.45, 7) is 1.51. The molecule has 1 fully saturated rings. The maximum Gasteiger partial charge on any atom is 0.301 e. The van der Waals surface area contributed by atoms with Crippen LogP contribution < -0.4 is 9.46 Å². The number of fused-ring (bicyclic) bond motifs is 1. The zero-order valence-electron chi connectivity index (χ0n) is 16.3. The van der Waals surface area contributed by atoms with Gasteiger partial charge in [0.25, 0.3) is 0 Å². The lowest BCUT2D eigenvalue weighted by Crippen LogP contribution is -2.34. The molecule has 2 aromatic carbocycles. The first kappa shape index (κ1) is 20.9. The van der Waals surface area contributed by atoms with Crippen LogP contribution in [0.5, 0.6) is 11.5 Å². The van der Waals surface area contributed by atoms with Crippen LogP contribution in [0, 0.1) is 24.1 Å². The van der Waals surface area contributed by atoms with Gasteiger partial charge in [-0.1, -0.05) is 0 Å². The Morgan fingerprint density at radius 1 is 1.29 bits per heavy atom. The van der Waals surface area contributed by atoms with Gasteiger partial charge in [0.1, 0.15) is 23.6 Å². The summed E-state index contributed by atoms with van der Waals surface area (Å²) in [7, 11) is -4.12. The second kappa shape index (κ2) is 8.05. The molecule has 0 spiro atoms. The van der Waals surface area contributed by atoms with Gasteiger partial charge in [-0.3, -0.25) is 9.71 Å². The molecule has 3 aromatic rings. The quantitative estimate of drug-likeness (QED) is 0.645. The van der Waals surface area contributed by atoms with E-state index in [1.165, 1.54) is 6.07 Å². The summed E-state index contributed by atoms with van der Waals surface area (Å²) in [5.41, 5.74) is 1.30. The maximum absolute atomic E-state index is 14.5. The number of benzene rings is 2. The van der Waals surface area contributed by atoms with Crippen molar-refractivity contribution in [1.29, 1.82) is 5.26 Å². The van der Waals surface area contributed by atoms with Crippen LogP contribution in [-0.2, 0) is 10.2 Å². The number of hydrogen-bond donors (Lipinski definition) is 1. The molecule has 0 amide bonds. The largest absolute Gasteiger partial charge is 0.453 e. The highest BCUT2D eigenvalue weighted by Crippen LogP contribution is 2.34. The lowest BCUT2D eigenvalue weighted by Gasteiger charge is -2.18. The molecule has 4 rings (SSSR count). The number of aryl methyl sites for hydroxylation is 1. The average Bonchev–Trinajstić information content (AvgIpc) is 3.17. The third-order valence-electron chi connectivity index (χ3n) is 4.75. The molecule has 11 heteroatoms. The van der Waals surface area contributed by atoms with E-state index in [1.54, 1.807) is 31.3 Å². The molecule has 1 saturated heterocycles. The first-order chi connectivity index (χ1) is 14.8. The zero-order valence-corrected chi connectivity index (χ0v) is 17.2. The SMILES string of the molecule is Cc1cnc2ccc(Oc3c(F)ccc(NS(=O)(=O)N4CCC(F)C4)c3C#N)cc2n1. The minimum Gasteiger partial charge on any atom is -0.453 e. The number of nitriles is 1. The van der Waals surface area contributed by atoms with E-state index in [0.717, 1.165) is 16.4 Å². The molecule has 1 atom stereocenters. The number of halogens is 2. The van der Waals surface area contributed by atoms with Gasteiger partial charge in [0.05, 0.1) is 22.4 Å². The van der Waals surface area contributed by atoms with E-state index >= 15 is 0 Å². The fourth-order valence-corrected chi connectivity index (χ4v) is 4.51. The van der Waals surface area contributed by atoms with Crippen molar-refractivity contribution >= 4 is 26.9 Å². The van der Waals surface area contributed by atoms with E-state index in [1.807, 2.05) is 0 Å². The molecule has 0 aliphatic carbocycles. The highest BCUT2D eigenvalue weighted by molar-refractivity contribution is 7.90. The lowest BCUT2D eigenvalue weighted by atomic mass is 10.1. The summed E-state index contributed by atoms with van der Waals surface area (Å²) in [5.74, 6) is -1.09. The fraction of sp³-hybridized carbons (Fsp3) is 0.250. The number of rotatable bonds is 5. The van der Waals surface area contributed by atoms with Crippen LogP contribution in [0.25, 0.3) is 11.0 Å². The molecule has 0 radical (unpaired) electrons. The number of nitrogens with zero attached hydrogens (tertiary/aromatic N) is 4. The lowest BCUT2D eigenvalue weighted by molar-refractivity contribution is 0.343. The normalized spacial score (nSPS) is 16.9. The topological polar surface area (TPSA) is 108 Å².